The molecule has 0 fully saturated rings. The van der Waals surface area contributed by atoms with Crippen molar-refractivity contribution in [3.8, 4) is 0 Å². The van der Waals surface area contributed by atoms with Crippen LogP contribution in [-0.4, -0.2) is 19.0 Å². The second-order valence-corrected chi connectivity index (χ2v) is 5.97. The van der Waals surface area contributed by atoms with Gasteiger partial charge in [0.25, 0.3) is 0 Å². The lowest BCUT2D eigenvalue weighted by Crippen LogP contribution is -2.34. The van der Waals surface area contributed by atoms with Gasteiger partial charge in [-0.05, 0) is 30.5 Å². The molecule has 0 bridgehead atoms. The van der Waals surface area contributed by atoms with Crippen LogP contribution in [0.25, 0.3) is 0 Å². The smallest absolute Gasteiger partial charge is 0.338 e. The first kappa shape index (κ1) is 16.2. The average Bonchev–Trinajstić information content (AvgIpc) is 2.36. The summed E-state index contributed by atoms with van der Waals surface area (Å²) in [5.74, 6) is -0.360. The monoisotopic (exact) mass is 277 g/mol. The van der Waals surface area contributed by atoms with E-state index in [0.29, 0.717) is 12.1 Å². The number of amides is 1. The van der Waals surface area contributed by atoms with Crippen molar-refractivity contribution in [3.63, 3.8) is 0 Å². The number of methoxy groups -OCH3 is 1. The number of carbonyl (C=O) groups is 2. The molecule has 0 heterocycles. The maximum atomic E-state index is 11.9. The third-order valence-corrected chi connectivity index (χ3v) is 3.30. The average molecular weight is 277 g/mol. The minimum Gasteiger partial charge on any atom is -0.465 e. The number of aryl methyl sites for hydroxylation is 1. The molecule has 0 spiro atoms. The van der Waals surface area contributed by atoms with Crippen molar-refractivity contribution in [3.05, 3.63) is 34.4 Å². The SMILES string of the molecule is COC(=O)c1c(C)ccc(CNC(=O)C(C)(C)C)c1C. The van der Waals surface area contributed by atoms with Crippen LogP contribution in [0.2, 0.25) is 0 Å². The molecule has 0 saturated heterocycles. The summed E-state index contributed by atoms with van der Waals surface area (Å²) in [6.45, 7) is 9.75. The first-order chi connectivity index (χ1) is 9.18. The number of hydrogen-bond acceptors (Lipinski definition) is 3. The molecule has 0 aliphatic heterocycles. The highest BCUT2D eigenvalue weighted by molar-refractivity contribution is 5.93. The molecule has 0 radical (unpaired) electrons. The number of nitrogens with one attached hydrogen (secondary N) is 1. The molecule has 1 aromatic carbocycles. The second kappa shape index (κ2) is 6.07. The number of carbonyl (C=O) groups excluding carboxylic acids is 2. The summed E-state index contributed by atoms with van der Waals surface area (Å²) < 4.78 is 4.81. The van der Waals surface area contributed by atoms with E-state index in [1.165, 1.54) is 7.11 Å². The number of rotatable bonds is 3. The normalized spacial score (nSPS) is 11.1. The van der Waals surface area contributed by atoms with Gasteiger partial charge >= 0.3 is 5.97 Å². The van der Waals surface area contributed by atoms with E-state index in [1.54, 1.807) is 0 Å². The maximum Gasteiger partial charge on any atom is 0.338 e. The van der Waals surface area contributed by atoms with Crippen LogP contribution >= 0.6 is 0 Å². The van der Waals surface area contributed by atoms with Gasteiger partial charge in [-0.15, -0.1) is 0 Å². The number of benzene rings is 1. The largest absolute Gasteiger partial charge is 0.465 e. The van der Waals surface area contributed by atoms with E-state index >= 15 is 0 Å². The summed E-state index contributed by atoms with van der Waals surface area (Å²) >= 11 is 0. The fourth-order valence-corrected chi connectivity index (χ4v) is 1.94. The predicted octanol–water partition coefficient (Wildman–Crippen LogP) is 2.75. The van der Waals surface area contributed by atoms with Crippen LogP contribution in [-0.2, 0) is 16.1 Å². The van der Waals surface area contributed by atoms with Crippen molar-refractivity contribution in [2.75, 3.05) is 7.11 Å². The Hall–Kier alpha value is -1.84. The zero-order valence-corrected chi connectivity index (χ0v) is 13.1. The highest BCUT2D eigenvalue weighted by atomic mass is 16.5. The van der Waals surface area contributed by atoms with Crippen LogP contribution in [0.15, 0.2) is 12.1 Å². The molecule has 0 atom stereocenters. The van der Waals surface area contributed by atoms with Gasteiger partial charge in [-0.1, -0.05) is 32.9 Å². The molecule has 0 aliphatic rings. The van der Waals surface area contributed by atoms with Crippen LogP contribution < -0.4 is 5.32 Å². The molecule has 0 unspecified atom stereocenters. The lowest BCUT2D eigenvalue weighted by Gasteiger charge is -2.19. The molecule has 4 nitrogen and oxygen atoms in total. The van der Waals surface area contributed by atoms with Gasteiger partial charge < -0.3 is 10.1 Å². The van der Waals surface area contributed by atoms with Crippen molar-refractivity contribution < 1.29 is 14.3 Å². The Kier molecular flexibility index (Phi) is 4.93. The summed E-state index contributed by atoms with van der Waals surface area (Å²) in [5.41, 5.74) is 2.80. The zero-order chi connectivity index (χ0) is 15.5. The molecule has 1 N–H and O–H groups in total. The maximum absolute atomic E-state index is 11.9. The fourth-order valence-electron chi connectivity index (χ4n) is 1.94. The van der Waals surface area contributed by atoms with Gasteiger partial charge in [0.2, 0.25) is 5.91 Å². The molecule has 0 saturated carbocycles. The van der Waals surface area contributed by atoms with Crippen LogP contribution in [0.3, 0.4) is 0 Å². The Morgan fingerprint density at radius 2 is 1.80 bits per heavy atom. The fraction of sp³-hybridized carbons (Fsp3) is 0.500. The Bertz CT molecular complexity index is 527. The summed E-state index contributed by atoms with van der Waals surface area (Å²) in [6.07, 6.45) is 0. The number of esters is 1. The van der Waals surface area contributed by atoms with E-state index in [9.17, 15) is 9.59 Å². The van der Waals surface area contributed by atoms with Crippen LogP contribution in [0.1, 0.15) is 47.8 Å². The van der Waals surface area contributed by atoms with Gasteiger partial charge in [0.15, 0.2) is 0 Å². The van der Waals surface area contributed by atoms with Crippen LogP contribution in [0.5, 0.6) is 0 Å². The van der Waals surface area contributed by atoms with Gasteiger partial charge in [-0.2, -0.15) is 0 Å². The van der Waals surface area contributed by atoms with E-state index in [2.05, 4.69) is 5.32 Å². The summed E-state index contributed by atoms with van der Waals surface area (Å²) in [5, 5.41) is 2.89. The topological polar surface area (TPSA) is 55.4 Å². The van der Waals surface area contributed by atoms with Gasteiger partial charge in [0.1, 0.15) is 0 Å². The Labute approximate surface area is 120 Å². The standard InChI is InChI=1S/C16H23NO3/c1-10-7-8-12(9-17-15(19)16(3,4)5)11(2)13(10)14(18)20-6/h7-8H,9H2,1-6H3,(H,17,19). The minimum absolute atomic E-state index is 0.0166. The van der Waals surface area contributed by atoms with Gasteiger partial charge in [0, 0.05) is 12.0 Å². The van der Waals surface area contributed by atoms with Crippen molar-refractivity contribution in [2.24, 2.45) is 5.41 Å². The summed E-state index contributed by atoms with van der Waals surface area (Å²) in [7, 11) is 1.37. The Morgan fingerprint density at radius 3 is 2.30 bits per heavy atom. The zero-order valence-electron chi connectivity index (χ0n) is 13.1. The first-order valence-electron chi connectivity index (χ1n) is 6.64. The highest BCUT2D eigenvalue weighted by Gasteiger charge is 2.21. The van der Waals surface area contributed by atoms with E-state index in [-0.39, 0.29) is 11.9 Å². The number of ether oxygens (including phenoxy) is 1. The molecular formula is C16H23NO3. The Morgan fingerprint density at radius 1 is 1.20 bits per heavy atom. The van der Waals surface area contributed by atoms with E-state index < -0.39 is 5.41 Å². The van der Waals surface area contributed by atoms with Gasteiger partial charge in [-0.3, -0.25) is 4.79 Å². The third kappa shape index (κ3) is 3.59. The molecule has 0 aliphatic carbocycles. The lowest BCUT2D eigenvalue weighted by atomic mass is 9.94. The Balaban J connectivity index is 2.99. The molecule has 1 rings (SSSR count). The molecule has 4 heteroatoms. The lowest BCUT2D eigenvalue weighted by molar-refractivity contribution is -0.128. The van der Waals surface area contributed by atoms with E-state index in [4.69, 9.17) is 4.74 Å². The van der Waals surface area contributed by atoms with Gasteiger partial charge in [-0.25, -0.2) is 4.79 Å². The molecule has 1 aromatic rings. The first-order valence-corrected chi connectivity index (χ1v) is 6.64. The van der Waals surface area contributed by atoms with Gasteiger partial charge in [0.05, 0.1) is 12.7 Å². The number of hydrogen-bond donors (Lipinski definition) is 1. The molecule has 0 aromatic heterocycles. The molecule has 20 heavy (non-hydrogen) atoms. The molecule has 110 valence electrons. The third-order valence-electron chi connectivity index (χ3n) is 3.30. The van der Waals surface area contributed by atoms with Crippen molar-refractivity contribution in [1.82, 2.24) is 5.32 Å². The quantitative estimate of drug-likeness (QED) is 0.864. The van der Waals surface area contributed by atoms with E-state index in [0.717, 1.165) is 16.7 Å². The summed E-state index contributed by atoms with van der Waals surface area (Å²) in [6, 6.07) is 3.80. The van der Waals surface area contributed by atoms with Crippen LogP contribution in [0.4, 0.5) is 0 Å². The molecular weight excluding hydrogens is 254 g/mol. The van der Waals surface area contributed by atoms with Crippen molar-refractivity contribution in [2.45, 2.75) is 41.2 Å². The highest BCUT2D eigenvalue weighted by Crippen LogP contribution is 2.20. The predicted molar refractivity (Wildman–Crippen MR) is 78.6 cm³/mol. The minimum atomic E-state index is -0.427. The van der Waals surface area contributed by atoms with Crippen LogP contribution in [0, 0.1) is 19.3 Å². The van der Waals surface area contributed by atoms with Crippen molar-refractivity contribution in [1.29, 1.82) is 0 Å². The molecule has 1 amide bonds. The van der Waals surface area contributed by atoms with Crippen molar-refractivity contribution >= 4 is 11.9 Å². The summed E-state index contributed by atoms with van der Waals surface area (Å²) in [4.78, 5) is 23.7. The second-order valence-electron chi connectivity index (χ2n) is 5.97. The van der Waals surface area contributed by atoms with E-state index in [1.807, 2.05) is 46.8 Å².